The molecule has 1 rings (SSSR count). The van der Waals surface area contributed by atoms with Gasteiger partial charge >= 0.3 is 0 Å². The number of amides is 2. The average Bonchev–Trinajstić information content (AvgIpc) is 2.42. The monoisotopic (exact) mass is 278 g/mol. The van der Waals surface area contributed by atoms with Gasteiger partial charge < -0.3 is 15.0 Å². The van der Waals surface area contributed by atoms with Gasteiger partial charge in [-0.15, -0.1) is 0 Å². The summed E-state index contributed by atoms with van der Waals surface area (Å²) in [5.41, 5.74) is 1.12. The zero-order chi connectivity index (χ0) is 15.0. The fraction of sp³-hybridized carbons (Fsp3) is 0.467. The summed E-state index contributed by atoms with van der Waals surface area (Å²) in [5, 5.41) is 2.69. The van der Waals surface area contributed by atoms with Gasteiger partial charge in [0.05, 0.1) is 7.11 Å². The van der Waals surface area contributed by atoms with Crippen LogP contribution in [0, 0.1) is 0 Å². The summed E-state index contributed by atoms with van der Waals surface area (Å²) in [4.78, 5) is 24.1. The lowest BCUT2D eigenvalue weighted by molar-refractivity contribution is -0.129. The van der Waals surface area contributed by atoms with E-state index in [-0.39, 0.29) is 11.8 Å². The highest BCUT2D eigenvalue weighted by atomic mass is 16.5. The first-order valence-corrected chi connectivity index (χ1v) is 6.66. The molecule has 0 saturated heterocycles. The lowest BCUT2D eigenvalue weighted by atomic mass is 10.1. The SMILES string of the molecule is COc1cccc(CCN(CCNC(C)=O)C(C)=O)c1. The van der Waals surface area contributed by atoms with E-state index in [9.17, 15) is 9.59 Å². The molecule has 110 valence electrons. The van der Waals surface area contributed by atoms with Gasteiger partial charge in [-0.05, 0) is 24.1 Å². The summed E-state index contributed by atoms with van der Waals surface area (Å²) in [7, 11) is 1.63. The lowest BCUT2D eigenvalue weighted by Crippen LogP contribution is -2.38. The second kappa shape index (κ2) is 8.19. The molecule has 20 heavy (non-hydrogen) atoms. The van der Waals surface area contributed by atoms with E-state index in [0.29, 0.717) is 19.6 Å². The number of nitrogens with one attached hydrogen (secondary N) is 1. The van der Waals surface area contributed by atoms with E-state index in [1.807, 2.05) is 24.3 Å². The van der Waals surface area contributed by atoms with Gasteiger partial charge in [0.1, 0.15) is 5.75 Å². The number of ether oxygens (including phenoxy) is 1. The Morgan fingerprint density at radius 2 is 2.00 bits per heavy atom. The first-order chi connectivity index (χ1) is 9.52. The molecule has 0 aliphatic rings. The van der Waals surface area contributed by atoms with Gasteiger partial charge in [0, 0.05) is 33.5 Å². The van der Waals surface area contributed by atoms with Crippen LogP contribution in [0.5, 0.6) is 5.75 Å². The lowest BCUT2D eigenvalue weighted by Gasteiger charge is -2.21. The molecule has 5 nitrogen and oxygen atoms in total. The van der Waals surface area contributed by atoms with E-state index < -0.39 is 0 Å². The van der Waals surface area contributed by atoms with Crippen LogP contribution in [0.15, 0.2) is 24.3 Å². The molecule has 0 atom stereocenters. The minimum absolute atomic E-state index is 0.0123. The molecular weight excluding hydrogens is 256 g/mol. The van der Waals surface area contributed by atoms with Crippen LogP contribution in [0.1, 0.15) is 19.4 Å². The molecule has 0 aliphatic carbocycles. The van der Waals surface area contributed by atoms with Gasteiger partial charge in [-0.2, -0.15) is 0 Å². The fourth-order valence-electron chi connectivity index (χ4n) is 1.89. The third-order valence-electron chi connectivity index (χ3n) is 3.01. The Balaban J connectivity index is 2.49. The van der Waals surface area contributed by atoms with Crippen molar-refractivity contribution in [3.63, 3.8) is 0 Å². The number of carbonyl (C=O) groups is 2. The molecule has 0 spiro atoms. The van der Waals surface area contributed by atoms with E-state index in [1.54, 1.807) is 18.9 Å². The predicted octanol–water partition coefficient (Wildman–Crippen LogP) is 1.22. The van der Waals surface area contributed by atoms with E-state index in [1.165, 1.54) is 6.92 Å². The highest BCUT2D eigenvalue weighted by Crippen LogP contribution is 2.13. The van der Waals surface area contributed by atoms with Gasteiger partial charge in [0.25, 0.3) is 0 Å². The maximum atomic E-state index is 11.6. The van der Waals surface area contributed by atoms with E-state index in [2.05, 4.69) is 5.32 Å². The summed E-state index contributed by atoms with van der Waals surface area (Å²) in [6.07, 6.45) is 0.761. The number of hydrogen-bond acceptors (Lipinski definition) is 3. The Labute approximate surface area is 119 Å². The first-order valence-electron chi connectivity index (χ1n) is 6.66. The molecule has 0 heterocycles. The van der Waals surface area contributed by atoms with E-state index in [4.69, 9.17) is 4.74 Å². The minimum Gasteiger partial charge on any atom is -0.497 e. The van der Waals surface area contributed by atoms with Crippen LogP contribution in [-0.4, -0.2) is 43.5 Å². The van der Waals surface area contributed by atoms with Crippen LogP contribution in [0.2, 0.25) is 0 Å². The van der Waals surface area contributed by atoms with Gasteiger partial charge in [0.15, 0.2) is 0 Å². The maximum absolute atomic E-state index is 11.6. The number of methoxy groups -OCH3 is 1. The molecule has 1 N–H and O–H groups in total. The van der Waals surface area contributed by atoms with E-state index >= 15 is 0 Å². The van der Waals surface area contributed by atoms with Gasteiger partial charge in [0.2, 0.25) is 11.8 Å². The van der Waals surface area contributed by atoms with Crippen molar-refractivity contribution in [3.8, 4) is 5.75 Å². The minimum atomic E-state index is -0.0821. The van der Waals surface area contributed by atoms with Crippen LogP contribution < -0.4 is 10.1 Å². The summed E-state index contributed by atoms with van der Waals surface area (Å²) in [6, 6.07) is 7.80. The fourth-order valence-corrected chi connectivity index (χ4v) is 1.89. The molecule has 0 fully saturated rings. The summed E-state index contributed by atoms with van der Waals surface area (Å²) >= 11 is 0. The van der Waals surface area contributed by atoms with Crippen LogP contribution in [0.25, 0.3) is 0 Å². The van der Waals surface area contributed by atoms with Crippen LogP contribution >= 0.6 is 0 Å². The Morgan fingerprint density at radius 1 is 1.25 bits per heavy atom. The van der Waals surface area contributed by atoms with Crippen molar-refractivity contribution in [2.45, 2.75) is 20.3 Å². The molecule has 0 unspecified atom stereocenters. The average molecular weight is 278 g/mol. The number of hydrogen-bond donors (Lipinski definition) is 1. The smallest absolute Gasteiger partial charge is 0.219 e. The molecule has 0 bridgehead atoms. The molecule has 0 radical (unpaired) electrons. The number of carbonyl (C=O) groups excluding carboxylic acids is 2. The van der Waals surface area contributed by atoms with Crippen molar-refractivity contribution >= 4 is 11.8 Å². The van der Waals surface area contributed by atoms with E-state index in [0.717, 1.165) is 17.7 Å². The first kappa shape index (κ1) is 16.0. The second-order valence-electron chi connectivity index (χ2n) is 4.59. The standard InChI is InChI=1S/C15H22N2O3/c1-12(18)16-8-10-17(13(2)19)9-7-14-5-4-6-15(11-14)20-3/h4-6,11H,7-10H2,1-3H3,(H,16,18). The quantitative estimate of drug-likeness (QED) is 0.816. The molecular formula is C15H22N2O3. The molecule has 2 amide bonds. The van der Waals surface area contributed by atoms with Gasteiger partial charge in [-0.25, -0.2) is 0 Å². The Bertz CT molecular complexity index is 460. The van der Waals surface area contributed by atoms with Gasteiger partial charge in [-0.3, -0.25) is 9.59 Å². The number of rotatable bonds is 7. The predicted molar refractivity (Wildman–Crippen MR) is 77.6 cm³/mol. The van der Waals surface area contributed by atoms with Crippen molar-refractivity contribution in [3.05, 3.63) is 29.8 Å². The maximum Gasteiger partial charge on any atom is 0.219 e. The Hall–Kier alpha value is -2.04. The molecule has 1 aromatic rings. The van der Waals surface area contributed by atoms with Crippen molar-refractivity contribution in [2.24, 2.45) is 0 Å². The highest BCUT2D eigenvalue weighted by molar-refractivity contribution is 5.74. The summed E-state index contributed by atoms with van der Waals surface area (Å²) in [5.74, 6) is 0.745. The highest BCUT2D eigenvalue weighted by Gasteiger charge is 2.08. The summed E-state index contributed by atoms with van der Waals surface area (Å²) < 4.78 is 5.17. The van der Waals surface area contributed by atoms with Crippen molar-refractivity contribution in [2.75, 3.05) is 26.7 Å². The van der Waals surface area contributed by atoms with Crippen LogP contribution in [-0.2, 0) is 16.0 Å². The molecule has 1 aromatic carbocycles. The normalized spacial score (nSPS) is 9.95. The molecule has 0 aliphatic heterocycles. The second-order valence-corrected chi connectivity index (χ2v) is 4.59. The Morgan fingerprint density at radius 3 is 2.60 bits per heavy atom. The third-order valence-corrected chi connectivity index (χ3v) is 3.01. The van der Waals surface area contributed by atoms with Crippen molar-refractivity contribution in [1.29, 1.82) is 0 Å². The zero-order valence-electron chi connectivity index (χ0n) is 12.3. The van der Waals surface area contributed by atoms with Gasteiger partial charge in [-0.1, -0.05) is 12.1 Å². The van der Waals surface area contributed by atoms with Crippen LogP contribution in [0.4, 0.5) is 0 Å². The molecule has 0 aromatic heterocycles. The topological polar surface area (TPSA) is 58.6 Å². The van der Waals surface area contributed by atoms with Crippen molar-refractivity contribution in [1.82, 2.24) is 10.2 Å². The number of benzene rings is 1. The molecule has 0 saturated carbocycles. The molecule has 5 heteroatoms. The summed E-state index contributed by atoms with van der Waals surface area (Å²) in [6.45, 7) is 4.64. The number of nitrogens with zero attached hydrogens (tertiary/aromatic N) is 1. The van der Waals surface area contributed by atoms with Crippen molar-refractivity contribution < 1.29 is 14.3 Å². The van der Waals surface area contributed by atoms with Crippen LogP contribution in [0.3, 0.4) is 0 Å². The Kier molecular flexibility index (Phi) is 6.56. The zero-order valence-corrected chi connectivity index (χ0v) is 12.3. The third kappa shape index (κ3) is 5.73. The largest absolute Gasteiger partial charge is 0.497 e.